The normalized spacial score (nSPS) is 11.0. The van der Waals surface area contributed by atoms with Crippen LogP contribution >= 0.6 is 0 Å². The summed E-state index contributed by atoms with van der Waals surface area (Å²) in [6, 6.07) is 11.2. The molecule has 0 unspecified atom stereocenters. The second-order valence-electron chi connectivity index (χ2n) is 5.80. The van der Waals surface area contributed by atoms with Crippen molar-refractivity contribution < 1.29 is 8.96 Å². The Balaban J connectivity index is 2.29. The van der Waals surface area contributed by atoms with Gasteiger partial charge in [0.2, 0.25) is 0 Å². The third-order valence-electron chi connectivity index (χ3n) is 4.11. The van der Waals surface area contributed by atoms with Gasteiger partial charge in [-0.05, 0) is 55.7 Å². The van der Waals surface area contributed by atoms with Crippen LogP contribution in [0.25, 0.3) is 17.1 Å². The van der Waals surface area contributed by atoms with Crippen LogP contribution in [0.5, 0.6) is 0 Å². The van der Waals surface area contributed by atoms with Crippen LogP contribution < -0.4 is 4.57 Å². The van der Waals surface area contributed by atoms with Crippen molar-refractivity contribution >= 4 is 0 Å². The van der Waals surface area contributed by atoms with E-state index < -0.39 is 0 Å². The highest BCUT2D eigenvalue weighted by atomic mass is 19.1. The zero-order valence-corrected chi connectivity index (χ0v) is 13.4. The van der Waals surface area contributed by atoms with Crippen LogP contribution in [0.2, 0.25) is 0 Å². The highest BCUT2D eigenvalue weighted by Crippen LogP contribution is 2.27. The van der Waals surface area contributed by atoms with Crippen molar-refractivity contribution in [3.05, 3.63) is 71.3 Å². The van der Waals surface area contributed by atoms with Crippen LogP contribution in [0.4, 0.5) is 4.39 Å². The second-order valence-corrected chi connectivity index (χ2v) is 5.80. The van der Waals surface area contributed by atoms with E-state index in [1.54, 1.807) is 6.07 Å². The van der Waals surface area contributed by atoms with E-state index in [1.807, 2.05) is 26.2 Å². The summed E-state index contributed by atoms with van der Waals surface area (Å²) in [5.41, 5.74) is 5.59. The molecule has 1 aromatic heterocycles. The molecule has 0 aliphatic heterocycles. The van der Waals surface area contributed by atoms with Crippen LogP contribution in [0.3, 0.4) is 0 Å². The van der Waals surface area contributed by atoms with Crippen molar-refractivity contribution in [3.8, 4) is 17.1 Å². The number of para-hydroxylation sites is 1. The minimum Gasteiger partial charge on any atom is -0.232 e. The molecule has 0 fully saturated rings. The van der Waals surface area contributed by atoms with Gasteiger partial charge in [0.15, 0.2) is 0 Å². The van der Waals surface area contributed by atoms with Crippen molar-refractivity contribution in [2.75, 3.05) is 0 Å². The van der Waals surface area contributed by atoms with Gasteiger partial charge in [0.1, 0.15) is 23.9 Å². The Labute approximate surface area is 130 Å². The van der Waals surface area contributed by atoms with Gasteiger partial charge in [-0.15, -0.1) is 0 Å². The van der Waals surface area contributed by atoms with E-state index in [2.05, 4.69) is 47.4 Å². The van der Waals surface area contributed by atoms with E-state index in [4.69, 9.17) is 0 Å². The molecule has 0 atom stereocenters. The molecule has 0 radical (unpaired) electrons. The molecule has 22 heavy (non-hydrogen) atoms. The van der Waals surface area contributed by atoms with Gasteiger partial charge in [0.25, 0.3) is 5.82 Å². The van der Waals surface area contributed by atoms with E-state index in [1.165, 1.54) is 22.9 Å². The standard InChI is InChI=1S/C19H20FN2/c1-13-6-5-7-14(2)18(13)22-11-10-21(4)19(22)17-9-8-16(20)12-15(17)3/h5-12H,1-4H3/q+1. The van der Waals surface area contributed by atoms with Gasteiger partial charge in [-0.1, -0.05) is 18.2 Å². The first-order valence-corrected chi connectivity index (χ1v) is 7.39. The number of aryl methyl sites for hydroxylation is 4. The number of nitrogens with zero attached hydrogens (tertiary/aromatic N) is 2. The van der Waals surface area contributed by atoms with Crippen molar-refractivity contribution in [2.24, 2.45) is 7.05 Å². The number of imidazole rings is 1. The van der Waals surface area contributed by atoms with Gasteiger partial charge in [-0.3, -0.25) is 0 Å². The van der Waals surface area contributed by atoms with E-state index >= 15 is 0 Å². The maximum absolute atomic E-state index is 13.4. The van der Waals surface area contributed by atoms with Gasteiger partial charge in [-0.25, -0.2) is 8.96 Å². The topological polar surface area (TPSA) is 8.81 Å². The minimum absolute atomic E-state index is 0.200. The molecule has 0 aliphatic rings. The maximum atomic E-state index is 13.4. The quantitative estimate of drug-likeness (QED) is 0.631. The third kappa shape index (κ3) is 2.33. The summed E-state index contributed by atoms with van der Waals surface area (Å²) in [5, 5.41) is 0. The van der Waals surface area contributed by atoms with Crippen LogP contribution in [-0.4, -0.2) is 4.57 Å². The molecule has 0 saturated heterocycles. The van der Waals surface area contributed by atoms with Gasteiger partial charge in [0, 0.05) is 0 Å². The lowest BCUT2D eigenvalue weighted by Crippen LogP contribution is -2.29. The molecular formula is C19H20FN2+. The van der Waals surface area contributed by atoms with E-state index in [0.717, 1.165) is 17.0 Å². The Kier molecular flexibility index (Phi) is 3.57. The lowest BCUT2D eigenvalue weighted by atomic mass is 10.1. The Morgan fingerprint density at radius 3 is 2.27 bits per heavy atom. The average molecular weight is 295 g/mol. The summed E-state index contributed by atoms with van der Waals surface area (Å²) >= 11 is 0. The van der Waals surface area contributed by atoms with Gasteiger partial charge in [-0.2, -0.15) is 4.57 Å². The molecule has 0 bridgehead atoms. The Hall–Kier alpha value is -2.42. The van der Waals surface area contributed by atoms with Crippen molar-refractivity contribution in [1.29, 1.82) is 0 Å². The van der Waals surface area contributed by atoms with Crippen LogP contribution in [-0.2, 0) is 7.05 Å². The average Bonchev–Trinajstić information content (AvgIpc) is 2.81. The van der Waals surface area contributed by atoms with Crippen molar-refractivity contribution in [2.45, 2.75) is 20.8 Å². The second kappa shape index (κ2) is 5.41. The highest BCUT2D eigenvalue weighted by molar-refractivity contribution is 5.62. The maximum Gasteiger partial charge on any atom is 0.294 e. The minimum atomic E-state index is -0.200. The molecule has 3 heteroatoms. The molecule has 2 aromatic carbocycles. The fraction of sp³-hybridized carbons (Fsp3) is 0.211. The molecule has 0 N–H and O–H groups in total. The molecule has 0 spiro atoms. The molecule has 3 aromatic rings. The summed E-state index contributed by atoms with van der Waals surface area (Å²) in [4.78, 5) is 0. The predicted molar refractivity (Wildman–Crippen MR) is 86.6 cm³/mol. The lowest BCUT2D eigenvalue weighted by Gasteiger charge is -2.10. The van der Waals surface area contributed by atoms with Gasteiger partial charge >= 0.3 is 0 Å². The first kappa shape index (κ1) is 14.5. The predicted octanol–water partition coefficient (Wildman–Crippen LogP) is 4.03. The first-order valence-electron chi connectivity index (χ1n) is 7.39. The van der Waals surface area contributed by atoms with Crippen molar-refractivity contribution in [3.63, 3.8) is 0 Å². The first-order chi connectivity index (χ1) is 10.5. The monoisotopic (exact) mass is 295 g/mol. The van der Waals surface area contributed by atoms with E-state index in [9.17, 15) is 4.39 Å². The highest BCUT2D eigenvalue weighted by Gasteiger charge is 2.23. The molecular weight excluding hydrogens is 275 g/mol. The Morgan fingerprint density at radius 1 is 0.955 bits per heavy atom. The third-order valence-corrected chi connectivity index (χ3v) is 4.11. The number of hydrogen-bond acceptors (Lipinski definition) is 0. The zero-order valence-electron chi connectivity index (χ0n) is 13.4. The number of benzene rings is 2. The molecule has 2 nitrogen and oxygen atoms in total. The molecule has 0 saturated carbocycles. The largest absolute Gasteiger partial charge is 0.294 e. The van der Waals surface area contributed by atoms with Crippen LogP contribution in [0.1, 0.15) is 16.7 Å². The molecule has 3 rings (SSSR count). The van der Waals surface area contributed by atoms with E-state index in [-0.39, 0.29) is 5.82 Å². The molecule has 1 heterocycles. The van der Waals surface area contributed by atoms with Gasteiger partial charge < -0.3 is 0 Å². The summed E-state index contributed by atoms with van der Waals surface area (Å²) in [5.74, 6) is 0.851. The fourth-order valence-electron chi connectivity index (χ4n) is 3.04. The van der Waals surface area contributed by atoms with Crippen molar-refractivity contribution in [1.82, 2.24) is 4.57 Å². The molecule has 0 amide bonds. The molecule has 0 aliphatic carbocycles. The number of aromatic nitrogens is 2. The van der Waals surface area contributed by atoms with E-state index in [0.29, 0.717) is 0 Å². The summed E-state index contributed by atoms with van der Waals surface area (Å²) < 4.78 is 17.7. The molecule has 112 valence electrons. The Bertz CT molecular complexity index is 826. The van der Waals surface area contributed by atoms with Crippen LogP contribution in [0.15, 0.2) is 48.8 Å². The SMILES string of the molecule is Cc1cc(F)ccc1-c1n(-c2c(C)cccc2C)cc[n+]1C. The number of halogens is 1. The van der Waals surface area contributed by atoms with Gasteiger partial charge in [0.05, 0.1) is 12.6 Å². The zero-order chi connectivity index (χ0) is 15.9. The summed E-state index contributed by atoms with van der Waals surface area (Å²) in [6.45, 7) is 6.17. The number of hydrogen-bond donors (Lipinski definition) is 0. The fourth-order valence-corrected chi connectivity index (χ4v) is 3.04. The lowest BCUT2D eigenvalue weighted by molar-refractivity contribution is -0.659. The summed E-state index contributed by atoms with van der Waals surface area (Å²) in [6.07, 6.45) is 4.09. The van der Waals surface area contributed by atoms with Crippen LogP contribution in [0, 0.1) is 26.6 Å². The Morgan fingerprint density at radius 2 is 1.64 bits per heavy atom. The number of rotatable bonds is 2. The smallest absolute Gasteiger partial charge is 0.232 e. The summed E-state index contributed by atoms with van der Waals surface area (Å²) in [7, 11) is 2.02.